The molecular weight excluding hydrogens is 262 g/mol. The molecule has 0 radical (unpaired) electrons. The third-order valence-corrected chi connectivity index (χ3v) is 3.56. The summed E-state index contributed by atoms with van der Waals surface area (Å²) in [4.78, 5) is 0. The zero-order valence-corrected chi connectivity index (χ0v) is 12.8. The first-order chi connectivity index (χ1) is 10.2. The Labute approximate surface area is 126 Å². The van der Waals surface area contributed by atoms with Crippen LogP contribution < -0.4 is 10.1 Å². The molecule has 4 heteroatoms. The van der Waals surface area contributed by atoms with Gasteiger partial charge in [-0.3, -0.25) is 0 Å². The number of nitriles is 1. The summed E-state index contributed by atoms with van der Waals surface area (Å²) in [7, 11) is 1.91. The van der Waals surface area contributed by atoms with Crippen LogP contribution in [0.3, 0.4) is 0 Å². The number of hydrogen-bond donors (Lipinski definition) is 1. The minimum Gasteiger partial charge on any atom is -0.494 e. The molecule has 2 aromatic rings. The molecule has 0 amide bonds. The summed E-state index contributed by atoms with van der Waals surface area (Å²) in [5.41, 5.74) is 3.98. The van der Waals surface area contributed by atoms with E-state index >= 15 is 0 Å². The Morgan fingerprint density at radius 3 is 2.57 bits per heavy atom. The van der Waals surface area contributed by atoms with E-state index in [1.807, 2.05) is 48.9 Å². The third kappa shape index (κ3) is 3.57. The van der Waals surface area contributed by atoms with E-state index < -0.39 is 0 Å². The van der Waals surface area contributed by atoms with Gasteiger partial charge in [-0.2, -0.15) is 5.26 Å². The molecule has 0 fully saturated rings. The van der Waals surface area contributed by atoms with Gasteiger partial charge in [0.25, 0.3) is 0 Å². The van der Waals surface area contributed by atoms with Gasteiger partial charge >= 0.3 is 0 Å². The number of nitrogens with zero attached hydrogens (tertiary/aromatic N) is 2. The fourth-order valence-corrected chi connectivity index (χ4v) is 2.13. The second-order valence-electron chi connectivity index (χ2n) is 5.04. The molecule has 0 aliphatic carbocycles. The van der Waals surface area contributed by atoms with E-state index in [2.05, 4.69) is 18.3 Å². The van der Waals surface area contributed by atoms with Crippen molar-refractivity contribution in [1.29, 1.82) is 5.26 Å². The van der Waals surface area contributed by atoms with Crippen molar-refractivity contribution in [3.63, 3.8) is 0 Å². The molecule has 2 rings (SSSR count). The second-order valence-corrected chi connectivity index (χ2v) is 5.04. The van der Waals surface area contributed by atoms with Crippen LogP contribution in [0, 0.1) is 18.3 Å². The van der Waals surface area contributed by atoms with Crippen molar-refractivity contribution in [1.82, 2.24) is 4.57 Å². The number of nitrogens with one attached hydrogen (secondary N) is 1. The maximum absolute atomic E-state index is 9.04. The molecule has 0 saturated carbocycles. The van der Waals surface area contributed by atoms with Crippen LogP contribution in [0.1, 0.15) is 30.3 Å². The maximum Gasteiger partial charge on any atom is 0.120 e. The normalized spacial score (nSPS) is 10.2. The highest BCUT2D eigenvalue weighted by atomic mass is 16.5. The Bertz CT molecular complexity index is 635. The van der Waals surface area contributed by atoms with Crippen molar-refractivity contribution < 1.29 is 4.74 Å². The fourth-order valence-electron chi connectivity index (χ4n) is 2.13. The number of aromatic nitrogens is 1. The minimum atomic E-state index is 0.688. The summed E-state index contributed by atoms with van der Waals surface area (Å²) in [6.45, 7) is 5.57. The first-order valence-corrected chi connectivity index (χ1v) is 7.17. The van der Waals surface area contributed by atoms with Gasteiger partial charge in [-0.15, -0.1) is 0 Å². The van der Waals surface area contributed by atoms with Crippen molar-refractivity contribution in [2.75, 3.05) is 11.9 Å². The van der Waals surface area contributed by atoms with Crippen molar-refractivity contribution in [2.24, 2.45) is 7.05 Å². The molecule has 0 aliphatic heterocycles. The van der Waals surface area contributed by atoms with E-state index in [0.29, 0.717) is 12.2 Å². The lowest BCUT2D eigenvalue weighted by atomic mass is 10.2. The average molecular weight is 283 g/mol. The van der Waals surface area contributed by atoms with E-state index in [1.165, 1.54) is 0 Å². The van der Waals surface area contributed by atoms with Gasteiger partial charge in [0.2, 0.25) is 0 Å². The van der Waals surface area contributed by atoms with Gasteiger partial charge in [-0.25, -0.2) is 0 Å². The van der Waals surface area contributed by atoms with Gasteiger partial charge in [-0.05, 0) is 49.2 Å². The quantitative estimate of drug-likeness (QED) is 0.881. The molecule has 1 aromatic carbocycles. The van der Waals surface area contributed by atoms with E-state index in [9.17, 15) is 0 Å². The molecule has 110 valence electrons. The summed E-state index contributed by atoms with van der Waals surface area (Å²) in [5, 5.41) is 12.4. The molecule has 0 unspecified atom stereocenters. The van der Waals surface area contributed by atoms with E-state index in [4.69, 9.17) is 10.00 Å². The highest BCUT2D eigenvalue weighted by Crippen LogP contribution is 2.18. The molecule has 0 bridgehead atoms. The number of anilines is 1. The predicted molar refractivity (Wildman–Crippen MR) is 84.4 cm³/mol. The van der Waals surface area contributed by atoms with Crippen LogP contribution in [0.25, 0.3) is 0 Å². The Morgan fingerprint density at radius 2 is 2.00 bits per heavy atom. The average Bonchev–Trinajstić information content (AvgIpc) is 2.79. The largest absolute Gasteiger partial charge is 0.494 e. The van der Waals surface area contributed by atoms with Crippen molar-refractivity contribution in [2.45, 2.75) is 26.8 Å². The molecule has 0 spiro atoms. The molecule has 1 aromatic heterocycles. The van der Waals surface area contributed by atoms with Gasteiger partial charge in [0.1, 0.15) is 17.5 Å². The van der Waals surface area contributed by atoms with Crippen LogP contribution in [0.5, 0.6) is 5.75 Å². The van der Waals surface area contributed by atoms with Gasteiger partial charge in [0.05, 0.1) is 6.61 Å². The van der Waals surface area contributed by atoms with Crippen molar-refractivity contribution in [3.05, 3.63) is 47.3 Å². The predicted octanol–water partition coefficient (Wildman–Crippen LogP) is 3.61. The molecule has 0 saturated heterocycles. The van der Waals surface area contributed by atoms with E-state index in [0.717, 1.165) is 35.7 Å². The monoisotopic (exact) mass is 283 g/mol. The minimum absolute atomic E-state index is 0.688. The highest BCUT2D eigenvalue weighted by molar-refractivity contribution is 5.47. The molecule has 1 heterocycles. The number of hydrogen-bond acceptors (Lipinski definition) is 3. The summed E-state index contributed by atoms with van der Waals surface area (Å²) in [5.74, 6) is 0.894. The highest BCUT2D eigenvalue weighted by Gasteiger charge is 2.08. The Hall–Kier alpha value is -2.41. The molecule has 1 N–H and O–H groups in total. The van der Waals surface area contributed by atoms with Crippen LogP contribution in [-0.2, 0) is 13.6 Å². The summed E-state index contributed by atoms with van der Waals surface area (Å²) >= 11 is 0. The van der Waals surface area contributed by atoms with Crippen LogP contribution in [-0.4, -0.2) is 11.2 Å². The smallest absolute Gasteiger partial charge is 0.120 e. The van der Waals surface area contributed by atoms with Crippen LogP contribution in [0.4, 0.5) is 5.69 Å². The second kappa shape index (κ2) is 6.85. The zero-order chi connectivity index (χ0) is 15.2. The fraction of sp³-hybridized carbons (Fsp3) is 0.353. The van der Waals surface area contributed by atoms with Gasteiger partial charge in [0, 0.05) is 25.0 Å². The molecule has 0 atom stereocenters. The van der Waals surface area contributed by atoms with Crippen molar-refractivity contribution >= 4 is 5.69 Å². The Kier molecular flexibility index (Phi) is 4.89. The topological polar surface area (TPSA) is 50.0 Å². The molecular formula is C17H21N3O. The molecule has 0 aliphatic rings. The SMILES string of the molecule is CCCOc1ccc(NCc2cc(C#N)n(C)c2C)cc1. The van der Waals surface area contributed by atoms with Crippen LogP contribution >= 0.6 is 0 Å². The Morgan fingerprint density at radius 1 is 1.29 bits per heavy atom. The lowest BCUT2D eigenvalue weighted by Crippen LogP contribution is -2.01. The first kappa shape index (κ1) is 15.0. The van der Waals surface area contributed by atoms with E-state index in [-0.39, 0.29) is 0 Å². The molecule has 4 nitrogen and oxygen atoms in total. The summed E-state index contributed by atoms with van der Waals surface area (Å²) < 4.78 is 7.47. The number of rotatable bonds is 6. The summed E-state index contributed by atoms with van der Waals surface area (Å²) in [6.07, 6.45) is 1.01. The lowest BCUT2D eigenvalue weighted by molar-refractivity contribution is 0.317. The maximum atomic E-state index is 9.04. The zero-order valence-electron chi connectivity index (χ0n) is 12.8. The summed E-state index contributed by atoms with van der Waals surface area (Å²) in [6, 6.07) is 12.1. The van der Waals surface area contributed by atoms with Crippen LogP contribution in [0.15, 0.2) is 30.3 Å². The first-order valence-electron chi connectivity index (χ1n) is 7.17. The van der Waals surface area contributed by atoms with E-state index in [1.54, 1.807) is 0 Å². The van der Waals surface area contributed by atoms with Gasteiger partial charge in [0.15, 0.2) is 0 Å². The standard InChI is InChI=1S/C17H21N3O/c1-4-9-21-17-7-5-15(6-8-17)19-12-14-10-16(11-18)20(3)13(14)2/h5-8,10,19H,4,9,12H2,1-3H3. The van der Waals surface area contributed by atoms with Gasteiger partial charge < -0.3 is 14.6 Å². The Balaban J connectivity index is 1.98. The van der Waals surface area contributed by atoms with Crippen LogP contribution in [0.2, 0.25) is 0 Å². The number of ether oxygens (including phenoxy) is 1. The van der Waals surface area contributed by atoms with Gasteiger partial charge in [-0.1, -0.05) is 6.92 Å². The third-order valence-electron chi connectivity index (χ3n) is 3.56. The lowest BCUT2D eigenvalue weighted by Gasteiger charge is -2.08. The van der Waals surface area contributed by atoms with Crippen molar-refractivity contribution in [3.8, 4) is 11.8 Å². The number of benzene rings is 1. The molecule has 21 heavy (non-hydrogen) atoms.